The van der Waals surface area contributed by atoms with Gasteiger partial charge in [0.05, 0.1) is 12.7 Å². The van der Waals surface area contributed by atoms with Gasteiger partial charge in [-0.3, -0.25) is 9.59 Å². The molecule has 1 amide bonds. The van der Waals surface area contributed by atoms with Crippen molar-refractivity contribution in [3.05, 3.63) is 29.3 Å². The van der Waals surface area contributed by atoms with Crippen molar-refractivity contribution in [2.45, 2.75) is 6.92 Å². The molecule has 1 rings (SSSR count). The van der Waals surface area contributed by atoms with Gasteiger partial charge < -0.3 is 14.7 Å². The number of nitrogens with zero attached hydrogens (tertiary/aromatic N) is 1. The molecule has 5 nitrogen and oxygen atoms in total. The first-order chi connectivity index (χ1) is 8.92. The summed E-state index contributed by atoms with van der Waals surface area (Å²) < 4.78 is 30.9. The van der Waals surface area contributed by atoms with Crippen LogP contribution in [-0.4, -0.2) is 42.1 Å². The van der Waals surface area contributed by atoms with Crippen LogP contribution < -0.4 is 0 Å². The first-order valence-corrected chi connectivity index (χ1v) is 5.45. The van der Waals surface area contributed by atoms with E-state index < -0.39 is 34.8 Å². The Morgan fingerprint density at radius 3 is 2.53 bits per heavy atom. The summed E-state index contributed by atoms with van der Waals surface area (Å²) in [5.74, 6) is -5.24. The van der Waals surface area contributed by atoms with Crippen LogP contribution >= 0.6 is 0 Å². The summed E-state index contributed by atoms with van der Waals surface area (Å²) in [4.78, 5) is 24.1. The van der Waals surface area contributed by atoms with E-state index in [1.54, 1.807) is 6.92 Å². The van der Waals surface area contributed by atoms with Crippen LogP contribution in [0.25, 0.3) is 0 Å². The monoisotopic (exact) mass is 273 g/mol. The van der Waals surface area contributed by atoms with Crippen molar-refractivity contribution in [2.75, 3.05) is 20.2 Å². The average Bonchev–Trinajstić information content (AvgIpc) is 2.41. The summed E-state index contributed by atoms with van der Waals surface area (Å²) >= 11 is 0. The van der Waals surface area contributed by atoms with Gasteiger partial charge in [-0.1, -0.05) is 0 Å². The minimum atomic E-state index is -1.35. The third kappa shape index (κ3) is 3.18. The molecule has 0 heterocycles. The van der Waals surface area contributed by atoms with Gasteiger partial charge in [0, 0.05) is 6.54 Å². The van der Waals surface area contributed by atoms with E-state index in [0.717, 1.165) is 24.1 Å². The maximum atomic E-state index is 13.6. The number of hydrogen-bond acceptors (Lipinski definition) is 4. The molecule has 104 valence electrons. The maximum Gasteiger partial charge on any atom is 0.325 e. The number of ether oxygens (including phenoxy) is 1. The topological polar surface area (TPSA) is 66.8 Å². The third-order valence-corrected chi connectivity index (χ3v) is 2.51. The smallest absolute Gasteiger partial charge is 0.325 e. The van der Waals surface area contributed by atoms with Crippen molar-refractivity contribution in [3.8, 4) is 5.75 Å². The Hall–Kier alpha value is -2.18. The zero-order chi connectivity index (χ0) is 14.6. The number of hydrogen-bond donors (Lipinski definition) is 1. The van der Waals surface area contributed by atoms with Crippen LogP contribution in [0.15, 0.2) is 12.1 Å². The van der Waals surface area contributed by atoms with Gasteiger partial charge in [-0.25, -0.2) is 8.78 Å². The van der Waals surface area contributed by atoms with Crippen molar-refractivity contribution in [3.63, 3.8) is 0 Å². The van der Waals surface area contributed by atoms with E-state index in [9.17, 15) is 18.4 Å². The molecule has 0 saturated carbocycles. The second-order valence-corrected chi connectivity index (χ2v) is 3.65. The van der Waals surface area contributed by atoms with Crippen molar-refractivity contribution in [1.82, 2.24) is 4.90 Å². The fourth-order valence-electron chi connectivity index (χ4n) is 1.42. The highest BCUT2D eigenvalue weighted by molar-refractivity contribution is 5.96. The SMILES string of the molecule is CCN(CC(=O)OC)C(=O)c1ccc(F)c(O)c1F. The number of amides is 1. The van der Waals surface area contributed by atoms with Crippen molar-refractivity contribution < 1.29 is 28.2 Å². The molecule has 0 aliphatic rings. The van der Waals surface area contributed by atoms with E-state index in [-0.39, 0.29) is 13.1 Å². The highest BCUT2D eigenvalue weighted by Gasteiger charge is 2.23. The molecule has 0 saturated heterocycles. The quantitative estimate of drug-likeness (QED) is 0.840. The van der Waals surface area contributed by atoms with Crippen LogP contribution in [0.3, 0.4) is 0 Å². The summed E-state index contributed by atoms with van der Waals surface area (Å²) in [5.41, 5.74) is -0.510. The van der Waals surface area contributed by atoms with E-state index in [0.29, 0.717) is 0 Å². The normalized spacial score (nSPS) is 10.1. The van der Waals surface area contributed by atoms with Gasteiger partial charge in [0.1, 0.15) is 6.54 Å². The zero-order valence-corrected chi connectivity index (χ0v) is 10.4. The molecule has 0 radical (unpaired) electrons. The van der Waals surface area contributed by atoms with Gasteiger partial charge in [0.25, 0.3) is 5.91 Å². The molecule has 1 aromatic rings. The van der Waals surface area contributed by atoms with Crippen LogP contribution in [0.1, 0.15) is 17.3 Å². The molecule has 0 aromatic heterocycles. The van der Waals surface area contributed by atoms with Crippen molar-refractivity contribution in [1.29, 1.82) is 0 Å². The Balaban J connectivity index is 3.04. The van der Waals surface area contributed by atoms with Crippen LogP contribution in [0, 0.1) is 11.6 Å². The lowest BCUT2D eigenvalue weighted by Crippen LogP contribution is -2.36. The molecule has 0 unspecified atom stereocenters. The average molecular weight is 273 g/mol. The van der Waals surface area contributed by atoms with Crippen LogP contribution in [0.2, 0.25) is 0 Å². The van der Waals surface area contributed by atoms with Gasteiger partial charge in [0.15, 0.2) is 17.4 Å². The Labute approximate surface area is 108 Å². The number of carbonyl (C=O) groups is 2. The molecule has 19 heavy (non-hydrogen) atoms. The van der Waals surface area contributed by atoms with Gasteiger partial charge in [-0.05, 0) is 19.1 Å². The fourth-order valence-corrected chi connectivity index (χ4v) is 1.42. The number of rotatable bonds is 4. The summed E-state index contributed by atoms with van der Waals surface area (Å²) in [6.07, 6.45) is 0. The van der Waals surface area contributed by atoms with E-state index in [4.69, 9.17) is 5.11 Å². The predicted octanol–water partition coefficient (Wildman–Crippen LogP) is 1.31. The van der Waals surface area contributed by atoms with E-state index >= 15 is 0 Å². The summed E-state index contributed by atoms with van der Waals surface area (Å²) in [6, 6.07) is 1.68. The lowest BCUT2D eigenvalue weighted by atomic mass is 10.1. The van der Waals surface area contributed by atoms with Gasteiger partial charge >= 0.3 is 5.97 Å². The van der Waals surface area contributed by atoms with Gasteiger partial charge in [-0.15, -0.1) is 0 Å². The molecular weight excluding hydrogens is 260 g/mol. The lowest BCUT2D eigenvalue weighted by Gasteiger charge is -2.19. The molecule has 0 bridgehead atoms. The summed E-state index contributed by atoms with van der Waals surface area (Å²) in [7, 11) is 1.16. The summed E-state index contributed by atoms with van der Waals surface area (Å²) in [6.45, 7) is 1.36. The van der Waals surface area contributed by atoms with Crippen LogP contribution in [-0.2, 0) is 9.53 Å². The van der Waals surface area contributed by atoms with Crippen molar-refractivity contribution in [2.24, 2.45) is 0 Å². The number of phenolic OH excluding ortho intramolecular Hbond substituents is 1. The number of aromatic hydroxyl groups is 1. The minimum Gasteiger partial charge on any atom is -0.503 e. The second kappa shape index (κ2) is 6.12. The predicted molar refractivity (Wildman–Crippen MR) is 61.6 cm³/mol. The number of benzene rings is 1. The Kier molecular flexibility index (Phi) is 4.80. The number of esters is 1. The first kappa shape index (κ1) is 14.9. The molecule has 1 N–H and O–H groups in total. The number of methoxy groups -OCH3 is 1. The number of carbonyl (C=O) groups excluding carboxylic acids is 2. The van der Waals surface area contributed by atoms with Crippen LogP contribution in [0.5, 0.6) is 5.75 Å². The molecule has 0 spiro atoms. The molecule has 0 aliphatic heterocycles. The van der Waals surface area contributed by atoms with Gasteiger partial charge in [0.2, 0.25) is 0 Å². The molecule has 0 fully saturated rings. The number of halogens is 2. The molecule has 1 aromatic carbocycles. The molecule has 0 aliphatic carbocycles. The summed E-state index contributed by atoms with van der Waals surface area (Å²) in [5, 5.41) is 9.11. The minimum absolute atomic E-state index is 0.130. The second-order valence-electron chi connectivity index (χ2n) is 3.65. The van der Waals surface area contributed by atoms with Crippen LogP contribution in [0.4, 0.5) is 8.78 Å². The van der Waals surface area contributed by atoms with E-state index in [1.165, 1.54) is 0 Å². The zero-order valence-electron chi connectivity index (χ0n) is 10.4. The maximum absolute atomic E-state index is 13.6. The number of likely N-dealkylation sites (N-methyl/N-ethyl adjacent to an activating group) is 1. The highest BCUT2D eigenvalue weighted by atomic mass is 19.1. The molecule has 7 heteroatoms. The Bertz CT molecular complexity index is 505. The fraction of sp³-hybridized carbons (Fsp3) is 0.333. The van der Waals surface area contributed by atoms with E-state index in [2.05, 4.69) is 4.74 Å². The molecule has 0 atom stereocenters. The number of phenols is 1. The third-order valence-electron chi connectivity index (χ3n) is 2.51. The first-order valence-electron chi connectivity index (χ1n) is 5.45. The highest BCUT2D eigenvalue weighted by Crippen LogP contribution is 2.23. The lowest BCUT2D eigenvalue weighted by molar-refractivity contribution is -0.141. The van der Waals surface area contributed by atoms with Gasteiger partial charge in [-0.2, -0.15) is 0 Å². The van der Waals surface area contributed by atoms with Crippen molar-refractivity contribution >= 4 is 11.9 Å². The Morgan fingerprint density at radius 1 is 1.37 bits per heavy atom. The standard InChI is InChI=1S/C12H13F2NO4/c1-3-15(6-9(16)19-2)12(18)7-4-5-8(13)11(17)10(7)14/h4-5,17H,3,6H2,1-2H3. The Morgan fingerprint density at radius 2 is 2.00 bits per heavy atom. The van der Waals surface area contributed by atoms with E-state index in [1.807, 2.05) is 0 Å². The largest absolute Gasteiger partial charge is 0.503 e. The molecular formula is C12H13F2NO4.